The molecule has 0 aliphatic heterocycles. The fourth-order valence-corrected chi connectivity index (χ4v) is 4.32. The molecular formula is C25H23ClN6O3. The van der Waals surface area contributed by atoms with E-state index in [1.54, 1.807) is 30.7 Å². The molecule has 1 aliphatic carbocycles. The number of pyridine rings is 1. The van der Waals surface area contributed by atoms with Crippen LogP contribution >= 0.6 is 11.6 Å². The molecular weight excluding hydrogens is 468 g/mol. The number of aromatic nitrogens is 6. The van der Waals surface area contributed by atoms with E-state index >= 15 is 0 Å². The second-order valence-electron chi connectivity index (χ2n) is 8.57. The Labute approximate surface area is 206 Å². The van der Waals surface area contributed by atoms with E-state index in [2.05, 4.69) is 30.1 Å². The first-order chi connectivity index (χ1) is 17.0. The molecule has 0 unspecified atom stereocenters. The average Bonchev–Trinajstić information content (AvgIpc) is 3.36. The van der Waals surface area contributed by atoms with Crippen molar-refractivity contribution in [1.82, 2.24) is 30.1 Å². The largest absolute Gasteiger partial charge is 0.481 e. The van der Waals surface area contributed by atoms with E-state index in [9.17, 15) is 4.79 Å². The van der Waals surface area contributed by atoms with Crippen LogP contribution in [-0.4, -0.2) is 47.3 Å². The first kappa shape index (κ1) is 22.9. The second kappa shape index (κ2) is 10.2. The van der Waals surface area contributed by atoms with Crippen molar-refractivity contribution in [2.75, 3.05) is 0 Å². The highest BCUT2D eigenvalue weighted by molar-refractivity contribution is 6.30. The molecule has 10 heteroatoms. The minimum Gasteiger partial charge on any atom is -0.481 e. The Morgan fingerprint density at radius 3 is 2.14 bits per heavy atom. The number of hydrogen-bond donors (Lipinski definition) is 2. The molecule has 0 spiro atoms. The van der Waals surface area contributed by atoms with Gasteiger partial charge in [-0.3, -0.25) is 9.78 Å². The molecule has 1 saturated carbocycles. The molecule has 0 atom stereocenters. The van der Waals surface area contributed by atoms with E-state index in [1.807, 2.05) is 24.3 Å². The molecule has 0 amide bonds. The highest BCUT2D eigenvalue weighted by Crippen LogP contribution is 2.29. The van der Waals surface area contributed by atoms with Gasteiger partial charge in [-0.1, -0.05) is 11.6 Å². The third-order valence-electron chi connectivity index (χ3n) is 6.09. The Hall–Kier alpha value is -3.85. The van der Waals surface area contributed by atoms with Crippen molar-refractivity contribution in [2.24, 2.45) is 5.92 Å². The van der Waals surface area contributed by atoms with E-state index in [0.717, 1.165) is 48.1 Å². The summed E-state index contributed by atoms with van der Waals surface area (Å²) in [6.45, 7) is 0. The molecule has 0 bridgehead atoms. The first-order valence-electron chi connectivity index (χ1n) is 11.4. The molecule has 5 rings (SSSR count). The molecule has 1 fully saturated rings. The van der Waals surface area contributed by atoms with Crippen LogP contribution in [0.5, 0.6) is 6.01 Å². The third kappa shape index (κ3) is 5.63. The number of ether oxygens (including phenoxy) is 1. The van der Waals surface area contributed by atoms with Crippen molar-refractivity contribution in [3.05, 3.63) is 60.0 Å². The van der Waals surface area contributed by atoms with Crippen LogP contribution in [0.1, 0.15) is 32.1 Å². The number of aliphatic carboxylic acids is 1. The second-order valence-corrected chi connectivity index (χ2v) is 9.01. The molecule has 1 aliphatic rings. The molecule has 1 aromatic carbocycles. The van der Waals surface area contributed by atoms with Gasteiger partial charge in [-0.2, -0.15) is 0 Å². The van der Waals surface area contributed by atoms with Crippen molar-refractivity contribution in [2.45, 2.75) is 38.2 Å². The normalized spacial score (nSPS) is 17.7. The summed E-state index contributed by atoms with van der Waals surface area (Å²) >= 11 is 5.95. The Bertz CT molecular complexity index is 1280. The van der Waals surface area contributed by atoms with Gasteiger partial charge in [0.25, 0.3) is 0 Å². The summed E-state index contributed by atoms with van der Waals surface area (Å²) in [6, 6.07) is 11.5. The summed E-state index contributed by atoms with van der Waals surface area (Å²) in [6.07, 6.45) is 8.66. The molecule has 9 nitrogen and oxygen atoms in total. The number of halogens is 1. The van der Waals surface area contributed by atoms with Gasteiger partial charge < -0.3 is 14.8 Å². The van der Waals surface area contributed by atoms with Crippen LogP contribution in [0.15, 0.2) is 55.0 Å². The van der Waals surface area contributed by atoms with Gasteiger partial charge in [0.2, 0.25) is 0 Å². The Kier molecular flexibility index (Phi) is 6.67. The number of H-pyrrole nitrogens is 1. The van der Waals surface area contributed by atoms with Gasteiger partial charge in [-0.05, 0) is 68.0 Å². The number of carbonyl (C=O) groups is 1. The maximum Gasteiger partial charge on any atom is 0.316 e. The number of carboxylic acids is 1. The molecule has 0 saturated heterocycles. The summed E-state index contributed by atoms with van der Waals surface area (Å²) < 4.78 is 5.90. The topological polar surface area (TPSA) is 127 Å². The molecule has 4 aromatic rings. The quantitative estimate of drug-likeness (QED) is 0.368. The number of hydrogen-bond acceptors (Lipinski definition) is 7. The molecule has 178 valence electrons. The summed E-state index contributed by atoms with van der Waals surface area (Å²) in [4.78, 5) is 27.3. The summed E-state index contributed by atoms with van der Waals surface area (Å²) in [5.74, 6) is 0.760. The van der Waals surface area contributed by atoms with Gasteiger partial charge in [0.15, 0.2) is 11.6 Å². The zero-order chi connectivity index (χ0) is 24.2. The van der Waals surface area contributed by atoms with E-state index in [0.29, 0.717) is 22.7 Å². The lowest BCUT2D eigenvalue weighted by Crippen LogP contribution is -2.25. The minimum absolute atomic E-state index is 0.0166. The van der Waals surface area contributed by atoms with Crippen LogP contribution in [0.4, 0.5) is 0 Å². The lowest BCUT2D eigenvalue weighted by Gasteiger charge is -2.27. The number of aromatic amines is 1. The van der Waals surface area contributed by atoms with Crippen molar-refractivity contribution >= 4 is 17.6 Å². The minimum atomic E-state index is -0.738. The average molecular weight is 491 g/mol. The van der Waals surface area contributed by atoms with Gasteiger partial charge >= 0.3 is 12.0 Å². The smallest absolute Gasteiger partial charge is 0.316 e. The fourth-order valence-electron chi connectivity index (χ4n) is 4.19. The monoisotopic (exact) mass is 490 g/mol. The number of nitrogens with zero attached hydrogens (tertiary/aromatic N) is 5. The third-order valence-corrected chi connectivity index (χ3v) is 6.35. The van der Waals surface area contributed by atoms with E-state index < -0.39 is 5.97 Å². The summed E-state index contributed by atoms with van der Waals surface area (Å²) in [5, 5.41) is 18.0. The maximum atomic E-state index is 10.9. The van der Waals surface area contributed by atoms with Crippen LogP contribution in [0, 0.1) is 5.92 Å². The van der Waals surface area contributed by atoms with Crippen LogP contribution in [0.25, 0.3) is 34.0 Å². The van der Waals surface area contributed by atoms with Gasteiger partial charge in [-0.15, -0.1) is 10.2 Å². The Balaban J connectivity index is 1.20. The van der Waals surface area contributed by atoms with Gasteiger partial charge in [0.05, 0.1) is 5.69 Å². The van der Waals surface area contributed by atoms with Crippen LogP contribution < -0.4 is 4.74 Å². The van der Waals surface area contributed by atoms with Gasteiger partial charge in [-0.25, -0.2) is 9.97 Å². The number of rotatable bonds is 7. The fraction of sp³-hybridized carbons (Fsp3) is 0.280. The molecule has 3 heterocycles. The highest BCUT2D eigenvalue weighted by Gasteiger charge is 2.24. The Morgan fingerprint density at radius 1 is 0.886 bits per heavy atom. The number of nitrogens with one attached hydrogen (secondary N) is 1. The number of carboxylic acid groups (broad SMARTS) is 1. The number of benzene rings is 1. The van der Waals surface area contributed by atoms with Crippen molar-refractivity contribution in [3.8, 4) is 40.0 Å². The molecule has 3 aromatic heterocycles. The van der Waals surface area contributed by atoms with Crippen molar-refractivity contribution in [3.63, 3.8) is 0 Å². The van der Waals surface area contributed by atoms with Crippen molar-refractivity contribution < 1.29 is 14.6 Å². The standard InChI is InChI=1S/C25H23ClN6O3/c26-19-6-3-16(4-7-19)23-30-24(32-31-23)17-5-10-21(27-12-17)18-13-28-25(29-14-18)35-20-8-1-15(2-9-20)11-22(33)34/h3-7,10,12-15,20H,1-2,8-9,11H2,(H,33,34)(H,30,31,32)/t15-,20-. The maximum absolute atomic E-state index is 10.9. The lowest BCUT2D eigenvalue weighted by molar-refractivity contribution is -0.138. The zero-order valence-electron chi connectivity index (χ0n) is 18.8. The molecule has 35 heavy (non-hydrogen) atoms. The van der Waals surface area contributed by atoms with E-state index in [-0.39, 0.29) is 18.4 Å². The predicted molar refractivity (Wildman–Crippen MR) is 130 cm³/mol. The highest BCUT2D eigenvalue weighted by atomic mass is 35.5. The van der Waals surface area contributed by atoms with E-state index in [1.165, 1.54) is 0 Å². The predicted octanol–water partition coefficient (Wildman–Crippen LogP) is 5.06. The van der Waals surface area contributed by atoms with Crippen LogP contribution in [0.3, 0.4) is 0 Å². The van der Waals surface area contributed by atoms with Crippen molar-refractivity contribution in [1.29, 1.82) is 0 Å². The zero-order valence-corrected chi connectivity index (χ0v) is 19.5. The lowest BCUT2D eigenvalue weighted by atomic mass is 9.85. The first-order valence-corrected chi connectivity index (χ1v) is 11.8. The Morgan fingerprint density at radius 2 is 1.51 bits per heavy atom. The van der Waals surface area contributed by atoms with Crippen LogP contribution in [-0.2, 0) is 4.79 Å². The molecule has 0 radical (unpaired) electrons. The van der Waals surface area contributed by atoms with Crippen LogP contribution in [0.2, 0.25) is 5.02 Å². The van der Waals surface area contributed by atoms with E-state index in [4.69, 9.17) is 21.4 Å². The summed E-state index contributed by atoms with van der Waals surface area (Å²) in [5.41, 5.74) is 3.20. The van der Waals surface area contributed by atoms with Gasteiger partial charge in [0.1, 0.15) is 6.10 Å². The SMILES string of the molecule is O=C(O)C[C@H]1CC[C@H](Oc2ncc(-c3ccc(-c4nnc(-c5ccc(Cl)cc5)[nH]4)cn3)cn2)CC1. The summed E-state index contributed by atoms with van der Waals surface area (Å²) in [7, 11) is 0. The van der Waals surface area contributed by atoms with Gasteiger partial charge in [0, 0.05) is 46.7 Å². The molecule has 2 N–H and O–H groups in total.